The fourth-order valence-electron chi connectivity index (χ4n) is 2.17. The van der Waals surface area contributed by atoms with Crippen molar-refractivity contribution in [2.75, 3.05) is 19.4 Å². The molecule has 9 heteroatoms. The standard InChI is InChI=1S/C13H25O7PS/c1-5-18-12(14)11(9-10(3)7-8-21-15)13(4,19-6-2)20-22(16)17/h10-11H,5-9H2,1-4H3,(H,16,17). The zero-order chi connectivity index (χ0) is 17.2. The van der Waals surface area contributed by atoms with Crippen LogP contribution in [0.3, 0.4) is 0 Å². The van der Waals surface area contributed by atoms with Gasteiger partial charge in [-0.25, -0.2) is 4.18 Å². The molecule has 0 aliphatic carbocycles. The Balaban J connectivity index is 5.25. The van der Waals surface area contributed by atoms with Crippen LogP contribution < -0.4 is 0 Å². The van der Waals surface area contributed by atoms with Crippen LogP contribution in [-0.4, -0.2) is 39.9 Å². The van der Waals surface area contributed by atoms with E-state index in [0.29, 0.717) is 19.0 Å². The molecule has 0 aromatic rings. The van der Waals surface area contributed by atoms with Gasteiger partial charge in [0.25, 0.3) is 0 Å². The van der Waals surface area contributed by atoms with Gasteiger partial charge in [-0.15, -0.1) is 0 Å². The van der Waals surface area contributed by atoms with E-state index in [4.69, 9.17) is 18.2 Å². The van der Waals surface area contributed by atoms with E-state index in [2.05, 4.69) is 0 Å². The first-order valence-corrected chi connectivity index (χ1v) is 9.23. The summed E-state index contributed by atoms with van der Waals surface area (Å²) in [5.41, 5.74) is 0. The van der Waals surface area contributed by atoms with Crippen molar-refractivity contribution in [3.05, 3.63) is 0 Å². The first kappa shape index (κ1) is 21.6. The Hall–Kier alpha value is -0.400. The van der Waals surface area contributed by atoms with E-state index in [0.717, 1.165) is 0 Å². The first-order valence-electron chi connectivity index (χ1n) is 7.20. The van der Waals surface area contributed by atoms with Gasteiger partial charge in [0.2, 0.25) is 0 Å². The summed E-state index contributed by atoms with van der Waals surface area (Å²) in [6, 6.07) is 0. The van der Waals surface area contributed by atoms with E-state index in [1.54, 1.807) is 13.8 Å². The zero-order valence-corrected chi connectivity index (χ0v) is 15.2. The summed E-state index contributed by atoms with van der Waals surface area (Å²) in [5.74, 6) is -2.92. The maximum absolute atomic E-state index is 12.2. The summed E-state index contributed by atoms with van der Waals surface area (Å²) in [4.78, 5) is 12.2. The minimum atomic E-state index is -2.58. The van der Waals surface area contributed by atoms with E-state index >= 15 is 0 Å². The van der Waals surface area contributed by atoms with Crippen LogP contribution in [-0.2, 0) is 34.4 Å². The molecule has 130 valence electrons. The second-order valence-corrected chi connectivity index (χ2v) is 6.34. The Morgan fingerprint density at radius 3 is 2.45 bits per heavy atom. The largest absolute Gasteiger partial charge is 0.466 e. The van der Waals surface area contributed by atoms with Crippen molar-refractivity contribution in [2.24, 2.45) is 11.8 Å². The third kappa shape index (κ3) is 7.74. The molecule has 0 aromatic heterocycles. The van der Waals surface area contributed by atoms with Crippen LogP contribution in [0.25, 0.3) is 0 Å². The second kappa shape index (κ2) is 11.2. The van der Waals surface area contributed by atoms with Crippen molar-refractivity contribution in [3.63, 3.8) is 0 Å². The lowest BCUT2D eigenvalue weighted by Crippen LogP contribution is -2.46. The highest BCUT2D eigenvalue weighted by Crippen LogP contribution is 2.32. The highest BCUT2D eigenvalue weighted by atomic mass is 32.2. The third-order valence-corrected chi connectivity index (χ3v) is 4.14. The number of ether oxygens (including phenoxy) is 2. The zero-order valence-electron chi connectivity index (χ0n) is 13.4. The maximum Gasteiger partial charge on any atom is 0.314 e. The van der Waals surface area contributed by atoms with E-state index in [9.17, 15) is 13.6 Å². The number of carbonyl (C=O) groups excluding carboxylic acids is 1. The molecule has 4 atom stereocenters. The molecule has 0 heterocycles. The minimum absolute atomic E-state index is 0.0474. The van der Waals surface area contributed by atoms with Gasteiger partial charge in [-0.05, 0) is 39.5 Å². The quantitative estimate of drug-likeness (QED) is 0.248. The van der Waals surface area contributed by atoms with E-state index in [1.165, 1.54) is 6.92 Å². The fraction of sp³-hybridized carbons (Fsp3) is 0.923. The van der Waals surface area contributed by atoms with E-state index < -0.39 is 29.0 Å². The van der Waals surface area contributed by atoms with Gasteiger partial charge in [0, 0.05) is 12.8 Å². The third-order valence-electron chi connectivity index (χ3n) is 3.22. The van der Waals surface area contributed by atoms with Gasteiger partial charge in [-0.1, -0.05) is 6.92 Å². The summed E-state index contributed by atoms with van der Waals surface area (Å²) in [5, 5.41) is 0. The van der Waals surface area contributed by atoms with Gasteiger partial charge in [-0.2, -0.15) is 4.21 Å². The van der Waals surface area contributed by atoms with Crippen molar-refractivity contribution in [1.29, 1.82) is 0 Å². The SMILES string of the molecule is CCOC(=O)C(CC(C)CCP=O)C(C)(OCC)OS(=O)O. The average Bonchev–Trinajstić information content (AvgIpc) is 2.41. The molecule has 0 bridgehead atoms. The lowest BCUT2D eigenvalue weighted by atomic mass is 9.88. The highest BCUT2D eigenvalue weighted by Gasteiger charge is 2.44. The molecule has 0 aliphatic heterocycles. The van der Waals surface area contributed by atoms with Gasteiger partial charge >= 0.3 is 17.3 Å². The summed E-state index contributed by atoms with van der Waals surface area (Å²) in [6.07, 6.45) is 1.46. The summed E-state index contributed by atoms with van der Waals surface area (Å²) < 4.78 is 46.1. The van der Waals surface area contributed by atoms with Crippen molar-refractivity contribution >= 4 is 25.8 Å². The van der Waals surface area contributed by atoms with Crippen molar-refractivity contribution in [3.8, 4) is 0 Å². The van der Waals surface area contributed by atoms with Crippen LogP contribution in [0.5, 0.6) is 0 Å². The molecule has 0 aliphatic rings. The number of hydrogen-bond acceptors (Lipinski definition) is 6. The van der Waals surface area contributed by atoms with Gasteiger partial charge < -0.3 is 9.47 Å². The van der Waals surface area contributed by atoms with E-state index in [-0.39, 0.29) is 27.6 Å². The van der Waals surface area contributed by atoms with Crippen LogP contribution in [0.4, 0.5) is 0 Å². The van der Waals surface area contributed by atoms with Gasteiger partial charge in [0.1, 0.15) is 5.92 Å². The molecular weight excluding hydrogens is 331 g/mol. The predicted octanol–water partition coefficient (Wildman–Crippen LogP) is 2.78. The predicted molar refractivity (Wildman–Crippen MR) is 82.9 cm³/mol. The molecule has 0 amide bonds. The molecule has 0 fully saturated rings. The van der Waals surface area contributed by atoms with E-state index in [1.807, 2.05) is 6.92 Å². The summed E-state index contributed by atoms with van der Waals surface area (Å²) in [6.45, 7) is 7.12. The molecule has 0 saturated heterocycles. The van der Waals surface area contributed by atoms with Crippen molar-refractivity contribution in [1.82, 2.24) is 0 Å². The Morgan fingerprint density at radius 2 is 2.00 bits per heavy atom. The van der Waals surface area contributed by atoms with Gasteiger partial charge in [-0.3, -0.25) is 13.9 Å². The van der Waals surface area contributed by atoms with Crippen LogP contribution >= 0.6 is 8.46 Å². The number of hydrogen-bond donors (Lipinski definition) is 1. The highest BCUT2D eigenvalue weighted by molar-refractivity contribution is 7.74. The number of rotatable bonds is 12. The van der Waals surface area contributed by atoms with Crippen LogP contribution in [0.1, 0.15) is 40.5 Å². The smallest absolute Gasteiger partial charge is 0.314 e. The van der Waals surface area contributed by atoms with Gasteiger partial charge in [0.05, 0.1) is 6.61 Å². The molecule has 0 aromatic carbocycles. The molecule has 0 rings (SSSR count). The first-order chi connectivity index (χ1) is 10.3. The molecule has 0 saturated carbocycles. The second-order valence-electron chi connectivity index (χ2n) is 5.04. The van der Waals surface area contributed by atoms with Crippen LogP contribution in [0.15, 0.2) is 0 Å². The van der Waals surface area contributed by atoms with Crippen molar-refractivity contribution in [2.45, 2.75) is 46.3 Å². The number of carbonyl (C=O) groups is 1. The summed E-state index contributed by atoms with van der Waals surface area (Å²) >= 11 is -2.58. The topological polar surface area (TPSA) is 99.1 Å². The Bertz CT molecular complexity index is 379. The van der Waals surface area contributed by atoms with Crippen LogP contribution in [0.2, 0.25) is 0 Å². The monoisotopic (exact) mass is 356 g/mol. The Labute approximate surface area is 135 Å². The Kier molecular flexibility index (Phi) is 11.0. The Morgan fingerprint density at radius 1 is 1.36 bits per heavy atom. The lowest BCUT2D eigenvalue weighted by molar-refractivity contribution is -0.214. The van der Waals surface area contributed by atoms with Gasteiger partial charge in [0.15, 0.2) is 14.2 Å². The minimum Gasteiger partial charge on any atom is -0.466 e. The van der Waals surface area contributed by atoms with Crippen LogP contribution in [0, 0.1) is 11.8 Å². The molecule has 22 heavy (non-hydrogen) atoms. The normalized spacial score (nSPS) is 18.4. The molecular formula is C13H25O7PS. The lowest BCUT2D eigenvalue weighted by Gasteiger charge is -2.35. The maximum atomic E-state index is 12.2. The molecule has 4 unspecified atom stereocenters. The van der Waals surface area contributed by atoms with Crippen molar-refractivity contribution < 1.29 is 31.8 Å². The summed E-state index contributed by atoms with van der Waals surface area (Å²) in [7, 11) is 0.0474. The average molecular weight is 356 g/mol. The fourth-order valence-corrected chi connectivity index (χ4v) is 3.16. The molecule has 0 spiro atoms. The molecule has 1 N–H and O–H groups in total. The molecule has 0 radical (unpaired) electrons. The molecule has 7 nitrogen and oxygen atoms in total. The number of esters is 1.